The molecule has 1 aromatic carbocycles. The van der Waals surface area contributed by atoms with Gasteiger partial charge < -0.3 is 10.0 Å². The zero-order valence-electron chi connectivity index (χ0n) is 13.7. The SMILES string of the molecule is O=C(O)c1cccc2c1CN(C(=O)C1CCCC(C(F)(F)F)C1)CC2. The molecule has 0 bridgehead atoms. The highest BCUT2D eigenvalue weighted by molar-refractivity contribution is 5.90. The van der Waals surface area contributed by atoms with Crippen molar-refractivity contribution >= 4 is 11.9 Å². The Kier molecular flexibility index (Phi) is 4.75. The third-order valence-electron chi connectivity index (χ3n) is 5.30. The van der Waals surface area contributed by atoms with Crippen LogP contribution in [0.1, 0.15) is 47.2 Å². The first kappa shape index (κ1) is 17.8. The van der Waals surface area contributed by atoms with E-state index in [1.165, 1.54) is 11.0 Å². The Labute approximate surface area is 143 Å². The molecule has 0 aromatic heterocycles. The molecule has 2 aliphatic rings. The van der Waals surface area contributed by atoms with Crippen LogP contribution in [0.2, 0.25) is 0 Å². The minimum atomic E-state index is -4.26. The number of hydrogen-bond donors (Lipinski definition) is 1. The van der Waals surface area contributed by atoms with Gasteiger partial charge in [-0.2, -0.15) is 13.2 Å². The number of amides is 1. The monoisotopic (exact) mass is 355 g/mol. The van der Waals surface area contributed by atoms with Crippen molar-refractivity contribution in [2.75, 3.05) is 6.54 Å². The summed E-state index contributed by atoms with van der Waals surface area (Å²) in [5, 5.41) is 9.31. The number of benzene rings is 1. The Bertz CT molecular complexity index is 687. The summed E-state index contributed by atoms with van der Waals surface area (Å²) in [7, 11) is 0. The molecule has 2 unspecified atom stereocenters. The fourth-order valence-corrected chi connectivity index (χ4v) is 3.94. The largest absolute Gasteiger partial charge is 0.478 e. The van der Waals surface area contributed by atoms with Gasteiger partial charge in [-0.1, -0.05) is 18.6 Å². The molecule has 1 heterocycles. The van der Waals surface area contributed by atoms with E-state index in [0.29, 0.717) is 31.4 Å². The van der Waals surface area contributed by atoms with E-state index in [1.54, 1.807) is 6.07 Å². The van der Waals surface area contributed by atoms with Crippen molar-refractivity contribution in [3.05, 3.63) is 34.9 Å². The maximum absolute atomic E-state index is 13.0. The van der Waals surface area contributed by atoms with Gasteiger partial charge in [0.1, 0.15) is 0 Å². The topological polar surface area (TPSA) is 57.6 Å². The van der Waals surface area contributed by atoms with Crippen molar-refractivity contribution in [2.24, 2.45) is 11.8 Å². The third-order valence-corrected chi connectivity index (χ3v) is 5.30. The molecule has 3 rings (SSSR count). The van der Waals surface area contributed by atoms with Crippen LogP contribution in [0.4, 0.5) is 13.2 Å². The maximum atomic E-state index is 13.0. The lowest BCUT2D eigenvalue weighted by molar-refractivity contribution is -0.187. The first-order valence-electron chi connectivity index (χ1n) is 8.47. The molecule has 1 aromatic rings. The second kappa shape index (κ2) is 6.69. The summed E-state index contributed by atoms with van der Waals surface area (Å²) in [4.78, 5) is 25.6. The lowest BCUT2D eigenvalue weighted by Crippen LogP contribution is -2.43. The van der Waals surface area contributed by atoms with E-state index in [2.05, 4.69) is 0 Å². The van der Waals surface area contributed by atoms with Gasteiger partial charge in [-0.25, -0.2) is 4.79 Å². The molecule has 0 saturated heterocycles. The van der Waals surface area contributed by atoms with Crippen LogP contribution in [0.5, 0.6) is 0 Å². The number of fused-ring (bicyclic) bond motifs is 1. The van der Waals surface area contributed by atoms with Gasteiger partial charge in [0.15, 0.2) is 0 Å². The number of aromatic carboxylic acids is 1. The van der Waals surface area contributed by atoms with Crippen LogP contribution in [0.3, 0.4) is 0 Å². The van der Waals surface area contributed by atoms with Crippen LogP contribution in [-0.4, -0.2) is 34.6 Å². The summed E-state index contributed by atoms with van der Waals surface area (Å²) in [6.07, 6.45) is -2.95. The predicted octanol–water partition coefficient (Wildman–Crippen LogP) is 3.64. The van der Waals surface area contributed by atoms with Gasteiger partial charge >= 0.3 is 12.1 Å². The average molecular weight is 355 g/mol. The van der Waals surface area contributed by atoms with Crippen LogP contribution in [0.15, 0.2) is 18.2 Å². The molecule has 2 atom stereocenters. The van der Waals surface area contributed by atoms with E-state index in [0.717, 1.165) is 5.56 Å². The molecular formula is C18H20F3NO3. The molecular weight excluding hydrogens is 335 g/mol. The highest BCUT2D eigenvalue weighted by Gasteiger charge is 2.44. The fraction of sp³-hybridized carbons (Fsp3) is 0.556. The number of carboxylic acid groups (broad SMARTS) is 1. The molecule has 136 valence electrons. The Morgan fingerprint density at radius 1 is 1.20 bits per heavy atom. The molecule has 7 heteroatoms. The van der Waals surface area contributed by atoms with E-state index in [9.17, 15) is 27.9 Å². The van der Waals surface area contributed by atoms with E-state index in [1.807, 2.05) is 6.07 Å². The highest BCUT2D eigenvalue weighted by Crippen LogP contribution is 2.40. The van der Waals surface area contributed by atoms with Crippen LogP contribution in [-0.2, 0) is 17.8 Å². The Morgan fingerprint density at radius 3 is 2.64 bits per heavy atom. The van der Waals surface area contributed by atoms with Crippen molar-refractivity contribution in [3.63, 3.8) is 0 Å². The molecule has 1 aliphatic carbocycles. The quantitative estimate of drug-likeness (QED) is 0.881. The van der Waals surface area contributed by atoms with E-state index in [-0.39, 0.29) is 30.9 Å². The molecule has 0 spiro atoms. The lowest BCUT2D eigenvalue weighted by atomic mass is 9.80. The van der Waals surface area contributed by atoms with Crippen LogP contribution in [0, 0.1) is 11.8 Å². The minimum absolute atomic E-state index is 0.0826. The highest BCUT2D eigenvalue weighted by atomic mass is 19.4. The molecule has 0 radical (unpaired) electrons. The molecule has 1 amide bonds. The first-order valence-corrected chi connectivity index (χ1v) is 8.47. The first-order chi connectivity index (χ1) is 11.8. The van der Waals surface area contributed by atoms with Gasteiger partial charge in [0.05, 0.1) is 11.5 Å². The third kappa shape index (κ3) is 3.65. The molecule has 4 nitrogen and oxygen atoms in total. The number of alkyl halides is 3. The number of carboxylic acids is 1. The van der Waals surface area contributed by atoms with Gasteiger partial charge in [0, 0.05) is 19.0 Å². The molecule has 1 fully saturated rings. The summed E-state index contributed by atoms with van der Waals surface area (Å²) in [6, 6.07) is 5.01. The molecule has 1 saturated carbocycles. The fourth-order valence-electron chi connectivity index (χ4n) is 3.94. The van der Waals surface area contributed by atoms with Crippen LogP contribution >= 0.6 is 0 Å². The van der Waals surface area contributed by atoms with Gasteiger partial charge in [-0.05, 0) is 42.9 Å². The molecule has 1 aliphatic heterocycles. The van der Waals surface area contributed by atoms with Crippen molar-refractivity contribution in [1.82, 2.24) is 4.90 Å². The normalized spacial score (nSPS) is 23.9. The van der Waals surface area contributed by atoms with Crippen molar-refractivity contribution < 1.29 is 27.9 Å². The second-order valence-corrected chi connectivity index (χ2v) is 6.86. The van der Waals surface area contributed by atoms with E-state index >= 15 is 0 Å². The van der Waals surface area contributed by atoms with Crippen LogP contribution < -0.4 is 0 Å². The number of hydrogen-bond acceptors (Lipinski definition) is 2. The summed E-state index contributed by atoms with van der Waals surface area (Å²) < 4.78 is 38.9. The number of rotatable bonds is 2. The summed E-state index contributed by atoms with van der Waals surface area (Å²) >= 11 is 0. The number of carbonyl (C=O) groups excluding carboxylic acids is 1. The van der Waals surface area contributed by atoms with Gasteiger partial charge in [-0.3, -0.25) is 4.79 Å². The Hall–Kier alpha value is -2.05. The van der Waals surface area contributed by atoms with E-state index in [4.69, 9.17) is 0 Å². The van der Waals surface area contributed by atoms with Crippen LogP contribution in [0.25, 0.3) is 0 Å². The zero-order valence-corrected chi connectivity index (χ0v) is 13.7. The number of carbonyl (C=O) groups is 2. The molecule has 25 heavy (non-hydrogen) atoms. The van der Waals surface area contributed by atoms with E-state index < -0.39 is 24.0 Å². The Morgan fingerprint density at radius 2 is 1.96 bits per heavy atom. The maximum Gasteiger partial charge on any atom is 0.391 e. The smallest absolute Gasteiger partial charge is 0.391 e. The lowest BCUT2D eigenvalue weighted by Gasteiger charge is -2.36. The zero-order chi connectivity index (χ0) is 18.2. The Balaban J connectivity index is 1.75. The standard InChI is InChI=1S/C18H20F3NO3/c19-18(20,21)13-5-1-4-12(9-13)16(23)22-8-7-11-3-2-6-14(17(24)25)15(11)10-22/h2-3,6,12-13H,1,4-5,7-10H2,(H,24,25). The number of halogens is 3. The van der Waals surface area contributed by atoms with Crippen molar-refractivity contribution in [1.29, 1.82) is 0 Å². The molecule has 1 N–H and O–H groups in total. The van der Waals surface area contributed by atoms with Gasteiger partial charge in [-0.15, -0.1) is 0 Å². The summed E-state index contributed by atoms with van der Waals surface area (Å²) in [5.74, 6) is -3.37. The average Bonchev–Trinajstić information content (AvgIpc) is 2.59. The predicted molar refractivity (Wildman–Crippen MR) is 84.0 cm³/mol. The number of nitrogens with zero attached hydrogens (tertiary/aromatic N) is 1. The van der Waals surface area contributed by atoms with Crippen molar-refractivity contribution in [2.45, 2.75) is 44.8 Å². The van der Waals surface area contributed by atoms with Crippen molar-refractivity contribution in [3.8, 4) is 0 Å². The van der Waals surface area contributed by atoms with Gasteiger partial charge in [0.25, 0.3) is 0 Å². The second-order valence-electron chi connectivity index (χ2n) is 6.86. The minimum Gasteiger partial charge on any atom is -0.478 e. The summed E-state index contributed by atoms with van der Waals surface area (Å²) in [6.45, 7) is 0.575. The van der Waals surface area contributed by atoms with Gasteiger partial charge in [0.2, 0.25) is 5.91 Å². The summed E-state index contributed by atoms with van der Waals surface area (Å²) in [5.41, 5.74) is 1.64.